The minimum Gasteiger partial charge on any atom is -0.278 e. The number of nitrogens with one attached hydrogen (secondary N) is 1. The lowest BCUT2D eigenvalue weighted by molar-refractivity contribution is 0.600. The van der Waals surface area contributed by atoms with Gasteiger partial charge < -0.3 is 0 Å². The highest BCUT2D eigenvalue weighted by atomic mass is 32.2. The van der Waals surface area contributed by atoms with Gasteiger partial charge in [0.05, 0.1) is 22.3 Å². The molecule has 0 saturated heterocycles. The minimum atomic E-state index is -3.64. The standard InChI is InChI=1S/C18H18N2O2S/c1-12-8-14(3)18(9-13(12)2)23(21,22)20-16-10-15-6-4-5-7-17(15)19-11-16/h4-11,20H,1-3H3. The van der Waals surface area contributed by atoms with Crippen LogP contribution in [0.2, 0.25) is 0 Å². The summed E-state index contributed by atoms with van der Waals surface area (Å²) < 4.78 is 28.0. The molecule has 5 heteroatoms. The normalized spacial score (nSPS) is 11.6. The van der Waals surface area contributed by atoms with Gasteiger partial charge in [-0.2, -0.15) is 0 Å². The lowest BCUT2D eigenvalue weighted by Gasteiger charge is -2.13. The molecule has 1 aromatic heterocycles. The number of para-hydroxylation sites is 1. The van der Waals surface area contributed by atoms with Gasteiger partial charge in [-0.05, 0) is 55.7 Å². The van der Waals surface area contributed by atoms with Gasteiger partial charge in [-0.15, -0.1) is 0 Å². The summed E-state index contributed by atoms with van der Waals surface area (Å²) in [6, 6.07) is 13.0. The van der Waals surface area contributed by atoms with Gasteiger partial charge in [0.15, 0.2) is 0 Å². The quantitative estimate of drug-likeness (QED) is 0.792. The van der Waals surface area contributed by atoms with E-state index in [-0.39, 0.29) is 0 Å². The maximum atomic E-state index is 12.7. The van der Waals surface area contributed by atoms with E-state index >= 15 is 0 Å². The molecule has 0 atom stereocenters. The SMILES string of the molecule is Cc1cc(C)c(S(=O)(=O)Nc2cnc3ccccc3c2)cc1C. The first-order chi connectivity index (χ1) is 10.9. The molecule has 1 heterocycles. The minimum absolute atomic E-state index is 0.300. The van der Waals surface area contributed by atoms with Crippen molar-refractivity contribution in [2.24, 2.45) is 0 Å². The Morgan fingerprint density at radius 1 is 0.913 bits per heavy atom. The molecule has 0 aliphatic rings. The summed E-state index contributed by atoms with van der Waals surface area (Å²) in [6.07, 6.45) is 1.54. The van der Waals surface area contributed by atoms with E-state index in [1.807, 2.05) is 44.2 Å². The summed E-state index contributed by atoms with van der Waals surface area (Å²) in [4.78, 5) is 4.59. The molecule has 3 rings (SSSR count). The van der Waals surface area contributed by atoms with Crippen LogP contribution in [-0.4, -0.2) is 13.4 Å². The number of hydrogen-bond acceptors (Lipinski definition) is 3. The van der Waals surface area contributed by atoms with Crippen LogP contribution in [0, 0.1) is 20.8 Å². The van der Waals surface area contributed by atoms with Crippen molar-refractivity contribution in [1.29, 1.82) is 0 Å². The predicted octanol–water partition coefficient (Wildman–Crippen LogP) is 3.96. The van der Waals surface area contributed by atoms with Crippen molar-refractivity contribution in [2.45, 2.75) is 25.7 Å². The summed E-state index contributed by atoms with van der Waals surface area (Å²) >= 11 is 0. The number of sulfonamides is 1. The molecule has 1 N–H and O–H groups in total. The number of aryl methyl sites for hydroxylation is 3. The van der Waals surface area contributed by atoms with Crippen LogP contribution in [0.1, 0.15) is 16.7 Å². The van der Waals surface area contributed by atoms with Crippen LogP contribution in [0.5, 0.6) is 0 Å². The Morgan fingerprint density at radius 2 is 1.61 bits per heavy atom. The van der Waals surface area contributed by atoms with Crippen LogP contribution in [0.15, 0.2) is 53.6 Å². The number of rotatable bonds is 3. The largest absolute Gasteiger partial charge is 0.278 e. The third-order valence-corrected chi connectivity index (χ3v) is 5.45. The van der Waals surface area contributed by atoms with Crippen molar-refractivity contribution >= 4 is 26.6 Å². The van der Waals surface area contributed by atoms with Crippen molar-refractivity contribution in [1.82, 2.24) is 4.98 Å². The second-order valence-electron chi connectivity index (χ2n) is 5.72. The Bertz CT molecular complexity index is 995. The number of benzene rings is 2. The van der Waals surface area contributed by atoms with Gasteiger partial charge in [0.1, 0.15) is 0 Å². The van der Waals surface area contributed by atoms with Crippen LogP contribution in [0.4, 0.5) is 5.69 Å². The molecule has 3 aromatic rings. The molecule has 0 radical (unpaired) electrons. The smallest absolute Gasteiger partial charge is 0.262 e. The maximum absolute atomic E-state index is 12.7. The zero-order chi connectivity index (χ0) is 16.6. The van der Waals surface area contributed by atoms with E-state index in [9.17, 15) is 8.42 Å². The first-order valence-electron chi connectivity index (χ1n) is 7.32. The highest BCUT2D eigenvalue weighted by Gasteiger charge is 2.18. The number of nitrogens with zero attached hydrogens (tertiary/aromatic N) is 1. The average Bonchev–Trinajstić information content (AvgIpc) is 2.50. The Morgan fingerprint density at radius 3 is 2.39 bits per heavy atom. The lowest BCUT2D eigenvalue weighted by atomic mass is 10.1. The van der Waals surface area contributed by atoms with Gasteiger partial charge in [0, 0.05) is 5.39 Å². The highest BCUT2D eigenvalue weighted by molar-refractivity contribution is 7.92. The molecular formula is C18H18N2O2S. The lowest BCUT2D eigenvalue weighted by Crippen LogP contribution is -2.15. The van der Waals surface area contributed by atoms with Crippen molar-refractivity contribution in [3.63, 3.8) is 0 Å². The van der Waals surface area contributed by atoms with Crippen LogP contribution >= 0.6 is 0 Å². The van der Waals surface area contributed by atoms with E-state index in [1.54, 1.807) is 19.1 Å². The highest BCUT2D eigenvalue weighted by Crippen LogP contribution is 2.24. The third-order valence-electron chi connectivity index (χ3n) is 3.92. The van der Waals surface area contributed by atoms with Crippen LogP contribution in [-0.2, 0) is 10.0 Å². The molecular weight excluding hydrogens is 308 g/mol. The Balaban J connectivity index is 2.01. The molecule has 0 unspecified atom stereocenters. The molecule has 4 nitrogen and oxygen atoms in total. The van der Waals surface area contributed by atoms with Crippen LogP contribution in [0.3, 0.4) is 0 Å². The molecule has 0 fully saturated rings. The number of anilines is 1. The second kappa shape index (κ2) is 5.66. The zero-order valence-electron chi connectivity index (χ0n) is 13.3. The molecule has 118 valence electrons. The van der Waals surface area contributed by atoms with Gasteiger partial charge in [0.25, 0.3) is 10.0 Å². The predicted molar refractivity (Wildman–Crippen MR) is 93.2 cm³/mol. The Hall–Kier alpha value is -2.40. The van der Waals surface area contributed by atoms with Gasteiger partial charge in [-0.25, -0.2) is 8.42 Å². The van der Waals surface area contributed by atoms with Gasteiger partial charge in [-0.3, -0.25) is 9.71 Å². The average molecular weight is 326 g/mol. The van der Waals surface area contributed by atoms with Crippen molar-refractivity contribution in [3.05, 3.63) is 65.4 Å². The van der Waals surface area contributed by atoms with E-state index < -0.39 is 10.0 Å². The van der Waals surface area contributed by atoms with E-state index in [0.29, 0.717) is 10.6 Å². The van der Waals surface area contributed by atoms with Gasteiger partial charge in [0.2, 0.25) is 0 Å². The van der Waals surface area contributed by atoms with Crippen LogP contribution in [0.25, 0.3) is 10.9 Å². The molecule has 0 bridgehead atoms. The monoisotopic (exact) mass is 326 g/mol. The number of aromatic nitrogens is 1. The number of hydrogen-bond donors (Lipinski definition) is 1. The van der Waals surface area contributed by atoms with E-state index in [0.717, 1.165) is 27.6 Å². The summed E-state index contributed by atoms with van der Waals surface area (Å²) in [5.41, 5.74) is 4.05. The number of pyridine rings is 1. The van der Waals surface area contributed by atoms with Gasteiger partial charge >= 0.3 is 0 Å². The Labute approximate surface area is 136 Å². The molecule has 0 saturated carbocycles. The van der Waals surface area contributed by atoms with E-state index in [1.165, 1.54) is 6.20 Å². The summed E-state index contributed by atoms with van der Waals surface area (Å²) in [5, 5.41) is 0.893. The molecule has 23 heavy (non-hydrogen) atoms. The van der Waals surface area contributed by atoms with E-state index in [4.69, 9.17) is 0 Å². The van der Waals surface area contributed by atoms with E-state index in [2.05, 4.69) is 9.71 Å². The summed E-state index contributed by atoms with van der Waals surface area (Å²) in [6.45, 7) is 5.68. The summed E-state index contributed by atoms with van der Waals surface area (Å²) in [7, 11) is -3.64. The fourth-order valence-corrected chi connectivity index (χ4v) is 3.91. The van der Waals surface area contributed by atoms with Crippen LogP contribution < -0.4 is 4.72 Å². The molecule has 0 amide bonds. The second-order valence-corrected chi connectivity index (χ2v) is 7.37. The summed E-state index contributed by atoms with van der Waals surface area (Å²) in [5.74, 6) is 0. The third kappa shape index (κ3) is 3.05. The fourth-order valence-electron chi connectivity index (χ4n) is 2.56. The molecule has 2 aromatic carbocycles. The van der Waals surface area contributed by atoms with Crippen molar-refractivity contribution < 1.29 is 8.42 Å². The fraction of sp³-hybridized carbons (Fsp3) is 0.167. The van der Waals surface area contributed by atoms with Gasteiger partial charge in [-0.1, -0.05) is 24.3 Å². The van der Waals surface area contributed by atoms with Crippen molar-refractivity contribution in [3.8, 4) is 0 Å². The maximum Gasteiger partial charge on any atom is 0.262 e. The zero-order valence-corrected chi connectivity index (χ0v) is 14.1. The van der Waals surface area contributed by atoms with Crippen molar-refractivity contribution in [2.75, 3.05) is 4.72 Å². The molecule has 0 aliphatic carbocycles. The first-order valence-corrected chi connectivity index (χ1v) is 8.80. The Kier molecular flexibility index (Phi) is 3.82. The first kappa shape index (κ1) is 15.5. The topological polar surface area (TPSA) is 59.1 Å². The number of fused-ring (bicyclic) bond motifs is 1. The molecule has 0 spiro atoms. The molecule has 0 aliphatic heterocycles.